The van der Waals surface area contributed by atoms with Gasteiger partial charge in [0.2, 0.25) is 0 Å². The van der Waals surface area contributed by atoms with Crippen molar-refractivity contribution >= 4 is 27.3 Å². The Morgan fingerprint density at radius 2 is 2.21 bits per heavy atom. The summed E-state index contributed by atoms with van der Waals surface area (Å²) in [7, 11) is 1.66. The molecule has 0 bridgehead atoms. The van der Waals surface area contributed by atoms with Gasteiger partial charge in [0, 0.05) is 44.2 Å². The van der Waals surface area contributed by atoms with Crippen LogP contribution in [0.5, 0.6) is 5.75 Å². The van der Waals surface area contributed by atoms with E-state index in [-0.39, 0.29) is 0 Å². The fourth-order valence-corrected chi connectivity index (χ4v) is 3.49. The van der Waals surface area contributed by atoms with Gasteiger partial charge in [0.25, 0.3) is 0 Å². The average Bonchev–Trinajstić information content (AvgIpc) is 2.80. The molecule has 1 N–H and O–H groups in total. The van der Waals surface area contributed by atoms with E-state index >= 15 is 0 Å². The van der Waals surface area contributed by atoms with Crippen LogP contribution in [0.15, 0.2) is 22.1 Å². The maximum absolute atomic E-state index is 10.3. The number of aromatic nitrogens is 1. The molecule has 3 nitrogen and oxygen atoms in total. The van der Waals surface area contributed by atoms with Gasteiger partial charge in [-0.2, -0.15) is 0 Å². The Bertz CT molecular complexity index is 583. The SMILES string of the molecule is COc1c(C)cnc(CC(O)c2cc(Br)cs2)c1C. The first-order valence-corrected chi connectivity index (χ1v) is 7.61. The van der Waals surface area contributed by atoms with Crippen molar-refractivity contribution in [3.8, 4) is 5.75 Å². The third kappa shape index (κ3) is 3.16. The van der Waals surface area contributed by atoms with E-state index in [2.05, 4.69) is 20.9 Å². The summed E-state index contributed by atoms with van der Waals surface area (Å²) in [6.07, 6.45) is 1.75. The van der Waals surface area contributed by atoms with E-state index in [1.807, 2.05) is 25.3 Å². The van der Waals surface area contributed by atoms with Gasteiger partial charge in [-0.1, -0.05) is 0 Å². The van der Waals surface area contributed by atoms with Gasteiger partial charge < -0.3 is 9.84 Å². The summed E-state index contributed by atoms with van der Waals surface area (Å²) in [4.78, 5) is 5.35. The topological polar surface area (TPSA) is 42.4 Å². The average molecular weight is 342 g/mol. The van der Waals surface area contributed by atoms with Crippen LogP contribution in [0.4, 0.5) is 0 Å². The van der Waals surface area contributed by atoms with E-state index in [0.29, 0.717) is 6.42 Å². The molecular weight excluding hydrogens is 326 g/mol. The number of methoxy groups -OCH3 is 1. The number of hydrogen-bond donors (Lipinski definition) is 1. The number of hydrogen-bond acceptors (Lipinski definition) is 4. The molecule has 0 spiro atoms. The number of nitrogens with zero attached hydrogens (tertiary/aromatic N) is 1. The molecule has 0 aliphatic rings. The minimum atomic E-state index is -0.532. The Kier molecular flexibility index (Phi) is 4.60. The second-order valence-corrected chi connectivity index (χ2v) is 6.29. The van der Waals surface area contributed by atoms with Crippen molar-refractivity contribution in [1.29, 1.82) is 0 Å². The summed E-state index contributed by atoms with van der Waals surface area (Å²) in [6, 6.07) is 1.94. The summed E-state index contributed by atoms with van der Waals surface area (Å²) in [5, 5.41) is 12.2. The Morgan fingerprint density at radius 1 is 1.47 bits per heavy atom. The third-order valence-electron chi connectivity index (χ3n) is 3.05. The Morgan fingerprint density at radius 3 is 2.79 bits per heavy atom. The summed E-state index contributed by atoms with van der Waals surface area (Å²) in [5.41, 5.74) is 2.88. The fraction of sp³-hybridized carbons (Fsp3) is 0.357. The number of pyridine rings is 1. The number of ether oxygens (including phenoxy) is 1. The highest BCUT2D eigenvalue weighted by atomic mass is 79.9. The Hall–Kier alpha value is -0.910. The number of aryl methyl sites for hydroxylation is 1. The zero-order valence-corrected chi connectivity index (χ0v) is 13.5. The van der Waals surface area contributed by atoms with E-state index in [0.717, 1.165) is 31.9 Å². The molecule has 0 radical (unpaired) electrons. The monoisotopic (exact) mass is 341 g/mol. The fourth-order valence-electron chi connectivity index (χ4n) is 2.06. The van der Waals surface area contributed by atoms with Gasteiger partial charge in [-0.3, -0.25) is 4.98 Å². The van der Waals surface area contributed by atoms with Crippen LogP contribution >= 0.6 is 27.3 Å². The van der Waals surface area contributed by atoms with Gasteiger partial charge in [0.05, 0.1) is 13.2 Å². The minimum absolute atomic E-state index is 0.495. The molecule has 2 heterocycles. The first-order valence-electron chi connectivity index (χ1n) is 5.94. The van der Waals surface area contributed by atoms with Crippen LogP contribution in [0.3, 0.4) is 0 Å². The van der Waals surface area contributed by atoms with Crippen LogP contribution in [0.2, 0.25) is 0 Å². The molecule has 2 rings (SSSR count). The number of aliphatic hydroxyl groups excluding tert-OH is 1. The van der Waals surface area contributed by atoms with Crippen molar-refractivity contribution in [3.63, 3.8) is 0 Å². The molecule has 1 unspecified atom stereocenters. The normalized spacial score (nSPS) is 12.5. The molecule has 1 atom stereocenters. The summed E-state index contributed by atoms with van der Waals surface area (Å²) < 4.78 is 6.38. The van der Waals surface area contributed by atoms with Crippen LogP contribution in [-0.4, -0.2) is 17.2 Å². The largest absolute Gasteiger partial charge is 0.496 e. The first-order chi connectivity index (χ1) is 9.02. The van der Waals surface area contributed by atoms with Gasteiger partial charge in [0.15, 0.2) is 0 Å². The first kappa shape index (κ1) is 14.5. The highest BCUT2D eigenvalue weighted by Crippen LogP contribution is 2.30. The number of thiophene rings is 1. The smallest absolute Gasteiger partial charge is 0.128 e. The number of aliphatic hydroxyl groups is 1. The van der Waals surface area contributed by atoms with E-state index in [1.165, 1.54) is 11.3 Å². The van der Waals surface area contributed by atoms with E-state index < -0.39 is 6.10 Å². The molecular formula is C14H16BrNO2S. The highest BCUT2D eigenvalue weighted by molar-refractivity contribution is 9.10. The van der Waals surface area contributed by atoms with Crippen molar-refractivity contribution in [2.75, 3.05) is 7.11 Å². The van der Waals surface area contributed by atoms with E-state index in [1.54, 1.807) is 13.3 Å². The number of halogens is 1. The molecule has 0 saturated heterocycles. The van der Waals surface area contributed by atoms with E-state index in [9.17, 15) is 5.11 Å². The molecule has 0 fully saturated rings. The summed E-state index contributed by atoms with van der Waals surface area (Å²) in [5.74, 6) is 0.851. The lowest BCUT2D eigenvalue weighted by Gasteiger charge is -2.14. The second kappa shape index (κ2) is 6.03. The van der Waals surface area contributed by atoms with Crippen LogP contribution in [0.1, 0.15) is 27.8 Å². The van der Waals surface area contributed by atoms with Crippen LogP contribution in [0, 0.1) is 13.8 Å². The molecule has 0 saturated carbocycles. The molecule has 102 valence electrons. The predicted molar refractivity (Wildman–Crippen MR) is 80.9 cm³/mol. The quantitative estimate of drug-likeness (QED) is 0.919. The third-order valence-corrected chi connectivity index (χ3v) is 4.85. The molecule has 2 aromatic heterocycles. The van der Waals surface area contributed by atoms with Gasteiger partial charge in [-0.15, -0.1) is 11.3 Å². The Labute approximate surface area is 125 Å². The molecule has 2 aromatic rings. The summed E-state index contributed by atoms with van der Waals surface area (Å²) in [6.45, 7) is 3.95. The van der Waals surface area contributed by atoms with Gasteiger partial charge in [-0.05, 0) is 35.8 Å². The van der Waals surface area contributed by atoms with Crippen LogP contribution < -0.4 is 4.74 Å². The molecule has 0 aliphatic carbocycles. The second-order valence-electron chi connectivity index (χ2n) is 4.43. The molecule has 19 heavy (non-hydrogen) atoms. The Balaban J connectivity index is 2.24. The van der Waals surface area contributed by atoms with Crippen molar-refractivity contribution in [2.24, 2.45) is 0 Å². The zero-order valence-electron chi connectivity index (χ0n) is 11.1. The lowest BCUT2D eigenvalue weighted by atomic mass is 10.1. The standard InChI is InChI=1S/C14H16BrNO2S/c1-8-6-16-11(9(2)14(8)18-3)5-12(17)13-4-10(15)7-19-13/h4,6-7,12,17H,5H2,1-3H3. The summed E-state index contributed by atoms with van der Waals surface area (Å²) >= 11 is 4.94. The van der Waals surface area contributed by atoms with Gasteiger partial charge >= 0.3 is 0 Å². The lowest BCUT2D eigenvalue weighted by molar-refractivity contribution is 0.180. The molecule has 0 aromatic carbocycles. The van der Waals surface area contributed by atoms with E-state index in [4.69, 9.17) is 4.74 Å². The minimum Gasteiger partial charge on any atom is -0.496 e. The maximum Gasteiger partial charge on any atom is 0.128 e. The van der Waals surface area contributed by atoms with Crippen molar-refractivity contribution < 1.29 is 9.84 Å². The van der Waals surface area contributed by atoms with Gasteiger partial charge in [0.1, 0.15) is 5.75 Å². The zero-order chi connectivity index (χ0) is 14.0. The van der Waals surface area contributed by atoms with Crippen molar-refractivity contribution in [1.82, 2.24) is 4.98 Å². The van der Waals surface area contributed by atoms with Crippen LogP contribution in [-0.2, 0) is 6.42 Å². The molecule has 5 heteroatoms. The number of rotatable bonds is 4. The maximum atomic E-state index is 10.3. The van der Waals surface area contributed by atoms with Crippen molar-refractivity contribution in [3.05, 3.63) is 43.8 Å². The predicted octanol–water partition coefficient (Wildman–Crippen LogP) is 3.81. The van der Waals surface area contributed by atoms with Gasteiger partial charge in [-0.25, -0.2) is 0 Å². The van der Waals surface area contributed by atoms with Crippen molar-refractivity contribution in [2.45, 2.75) is 26.4 Å². The highest BCUT2D eigenvalue weighted by Gasteiger charge is 2.16. The molecule has 0 amide bonds. The lowest BCUT2D eigenvalue weighted by Crippen LogP contribution is -2.05. The molecule has 0 aliphatic heterocycles. The van der Waals surface area contributed by atoms with Crippen LogP contribution in [0.25, 0.3) is 0 Å².